The van der Waals surface area contributed by atoms with E-state index in [0.717, 1.165) is 56.6 Å². The molecule has 2 aliphatic heterocycles. The second kappa shape index (κ2) is 8.58. The van der Waals surface area contributed by atoms with Crippen LogP contribution in [0.5, 0.6) is 0 Å². The molecule has 4 aliphatic rings. The van der Waals surface area contributed by atoms with Crippen LogP contribution in [0.4, 0.5) is 11.4 Å². The Kier molecular flexibility index (Phi) is 5.43. The molecule has 2 heterocycles. The number of benzene rings is 2. The van der Waals surface area contributed by atoms with E-state index in [1.54, 1.807) is 0 Å². The van der Waals surface area contributed by atoms with Gasteiger partial charge in [-0.1, -0.05) is 24.3 Å². The molecular formula is C27H32N4O2. The molecule has 2 aliphatic carbocycles. The first-order valence-electron chi connectivity index (χ1n) is 12.5. The highest BCUT2D eigenvalue weighted by molar-refractivity contribution is 5.95. The van der Waals surface area contributed by atoms with Crippen LogP contribution in [0.15, 0.2) is 36.4 Å². The van der Waals surface area contributed by atoms with E-state index in [0.29, 0.717) is 25.2 Å². The summed E-state index contributed by atoms with van der Waals surface area (Å²) in [4.78, 5) is 30.1. The Morgan fingerprint density at radius 2 is 1.21 bits per heavy atom. The molecule has 2 unspecified atom stereocenters. The molecule has 0 fully saturated rings. The van der Waals surface area contributed by atoms with Gasteiger partial charge in [-0.2, -0.15) is 0 Å². The van der Waals surface area contributed by atoms with Crippen molar-refractivity contribution in [3.8, 4) is 0 Å². The molecule has 0 spiro atoms. The number of anilines is 2. The number of aryl methyl sites for hydroxylation is 2. The topological polar surface area (TPSA) is 64.7 Å². The average Bonchev–Trinajstić information content (AvgIpc) is 3.04. The summed E-state index contributed by atoms with van der Waals surface area (Å²) in [7, 11) is 0. The SMILES string of the molecule is O=C1CN(CCCN2CC(=O)Nc3cccc4c3C2CCC4)C2CCCc3cccc(c32)N1. The Bertz CT molecular complexity index is 1010. The molecule has 0 saturated heterocycles. The zero-order valence-electron chi connectivity index (χ0n) is 19.1. The van der Waals surface area contributed by atoms with E-state index in [1.807, 2.05) is 12.1 Å². The van der Waals surface area contributed by atoms with Crippen molar-refractivity contribution in [1.82, 2.24) is 9.80 Å². The lowest BCUT2D eigenvalue weighted by Gasteiger charge is -2.36. The molecule has 2 N–H and O–H groups in total. The number of hydrogen-bond donors (Lipinski definition) is 2. The molecule has 6 heteroatoms. The van der Waals surface area contributed by atoms with Gasteiger partial charge in [0.25, 0.3) is 0 Å². The fraction of sp³-hybridized carbons (Fsp3) is 0.481. The maximum atomic E-state index is 12.7. The fourth-order valence-corrected chi connectivity index (χ4v) is 6.57. The number of carbonyl (C=O) groups excluding carboxylic acids is 2. The third kappa shape index (κ3) is 3.85. The van der Waals surface area contributed by atoms with Crippen LogP contribution in [0.1, 0.15) is 66.4 Å². The summed E-state index contributed by atoms with van der Waals surface area (Å²) in [5.74, 6) is 0.163. The molecule has 0 radical (unpaired) electrons. The average molecular weight is 445 g/mol. The lowest BCUT2D eigenvalue weighted by Crippen LogP contribution is -2.39. The van der Waals surface area contributed by atoms with Crippen molar-refractivity contribution in [2.45, 2.75) is 57.0 Å². The highest BCUT2D eigenvalue weighted by Gasteiger charge is 2.34. The van der Waals surface area contributed by atoms with Gasteiger partial charge in [0.2, 0.25) is 11.8 Å². The Hall–Kier alpha value is -2.70. The maximum Gasteiger partial charge on any atom is 0.238 e. The van der Waals surface area contributed by atoms with Gasteiger partial charge in [-0.15, -0.1) is 0 Å². The minimum atomic E-state index is 0.0813. The zero-order chi connectivity index (χ0) is 22.4. The van der Waals surface area contributed by atoms with Gasteiger partial charge >= 0.3 is 0 Å². The first-order valence-corrected chi connectivity index (χ1v) is 12.5. The van der Waals surface area contributed by atoms with E-state index >= 15 is 0 Å². The Morgan fingerprint density at radius 1 is 0.727 bits per heavy atom. The summed E-state index contributed by atoms with van der Waals surface area (Å²) in [5, 5.41) is 6.28. The Balaban J connectivity index is 1.20. The number of hydrogen-bond acceptors (Lipinski definition) is 4. The molecule has 2 amide bonds. The van der Waals surface area contributed by atoms with Crippen molar-refractivity contribution in [2.75, 3.05) is 36.8 Å². The van der Waals surface area contributed by atoms with Crippen molar-refractivity contribution in [2.24, 2.45) is 0 Å². The van der Waals surface area contributed by atoms with Gasteiger partial charge in [0.15, 0.2) is 0 Å². The van der Waals surface area contributed by atoms with Gasteiger partial charge in [-0.05, 0) is 79.3 Å². The largest absolute Gasteiger partial charge is 0.325 e. The number of nitrogens with zero attached hydrogens (tertiary/aromatic N) is 2. The Labute approximate surface area is 195 Å². The number of amides is 2. The summed E-state index contributed by atoms with van der Waals surface area (Å²) >= 11 is 0. The van der Waals surface area contributed by atoms with Gasteiger partial charge in [0.1, 0.15) is 0 Å². The number of rotatable bonds is 4. The minimum absolute atomic E-state index is 0.0813. The second-order valence-corrected chi connectivity index (χ2v) is 9.96. The number of carbonyl (C=O) groups is 2. The molecule has 0 aromatic heterocycles. The summed E-state index contributed by atoms with van der Waals surface area (Å²) < 4.78 is 0. The highest BCUT2D eigenvalue weighted by atomic mass is 16.2. The minimum Gasteiger partial charge on any atom is -0.325 e. The van der Waals surface area contributed by atoms with Crippen LogP contribution in [-0.4, -0.2) is 47.8 Å². The van der Waals surface area contributed by atoms with Crippen LogP contribution >= 0.6 is 0 Å². The van der Waals surface area contributed by atoms with Crippen molar-refractivity contribution in [3.05, 3.63) is 58.7 Å². The monoisotopic (exact) mass is 444 g/mol. The summed E-state index contributed by atoms with van der Waals surface area (Å²) in [6.07, 6.45) is 7.67. The molecule has 172 valence electrons. The van der Waals surface area contributed by atoms with Crippen LogP contribution in [0.25, 0.3) is 0 Å². The molecule has 0 saturated carbocycles. The zero-order valence-corrected chi connectivity index (χ0v) is 19.1. The van der Waals surface area contributed by atoms with Gasteiger partial charge in [0, 0.05) is 36.5 Å². The molecule has 33 heavy (non-hydrogen) atoms. The van der Waals surface area contributed by atoms with E-state index in [-0.39, 0.29) is 11.8 Å². The first kappa shape index (κ1) is 20.9. The van der Waals surface area contributed by atoms with E-state index in [9.17, 15) is 9.59 Å². The summed E-state index contributed by atoms with van der Waals surface area (Å²) in [5.41, 5.74) is 7.42. The van der Waals surface area contributed by atoms with E-state index in [1.165, 1.54) is 35.1 Å². The maximum absolute atomic E-state index is 12.7. The smallest absolute Gasteiger partial charge is 0.238 e. The highest BCUT2D eigenvalue weighted by Crippen LogP contribution is 2.42. The van der Waals surface area contributed by atoms with Crippen molar-refractivity contribution in [1.29, 1.82) is 0 Å². The van der Waals surface area contributed by atoms with Crippen molar-refractivity contribution < 1.29 is 9.59 Å². The predicted molar refractivity (Wildman–Crippen MR) is 129 cm³/mol. The molecule has 2 atom stereocenters. The first-order chi connectivity index (χ1) is 16.2. The Morgan fingerprint density at radius 3 is 1.70 bits per heavy atom. The quantitative estimate of drug-likeness (QED) is 0.747. The van der Waals surface area contributed by atoms with E-state index < -0.39 is 0 Å². The standard InChI is InChI=1S/C27H32N4O2/c32-24-16-30(22-12-3-8-18-6-1-10-20(28-24)26(18)22)14-5-15-31-17-25(33)29-21-11-2-7-19-9-4-13-23(31)27(19)21/h1-2,6-7,10-11,22-23H,3-5,8-9,12-17H2,(H,28,32)(H,29,33). The molecular weight excluding hydrogens is 412 g/mol. The normalized spacial score (nSPS) is 24.7. The van der Waals surface area contributed by atoms with E-state index in [2.05, 4.69) is 44.7 Å². The van der Waals surface area contributed by atoms with Crippen molar-refractivity contribution >= 4 is 23.2 Å². The van der Waals surface area contributed by atoms with E-state index in [4.69, 9.17) is 0 Å². The molecule has 2 aromatic carbocycles. The molecule has 2 aromatic rings. The second-order valence-electron chi connectivity index (χ2n) is 9.96. The van der Waals surface area contributed by atoms with Gasteiger partial charge < -0.3 is 10.6 Å². The molecule has 0 bridgehead atoms. The predicted octanol–water partition coefficient (Wildman–Crippen LogP) is 4.04. The third-order valence-corrected chi connectivity index (χ3v) is 7.92. The summed E-state index contributed by atoms with van der Waals surface area (Å²) in [6, 6.07) is 13.3. The van der Waals surface area contributed by atoms with Crippen LogP contribution < -0.4 is 10.6 Å². The van der Waals surface area contributed by atoms with Crippen LogP contribution in [0, 0.1) is 0 Å². The lowest BCUT2D eigenvalue weighted by molar-refractivity contribution is -0.118. The van der Waals surface area contributed by atoms with Crippen molar-refractivity contribution in [3.63, 3.8) is 0 Å². The summed E-state index contributed by atoms with van der Waals surface area (Å²) in [6.45, 7) is 2.61. The molecule has 6 nitrogen and oxygen atoms in total. The van der Waals surface area contributed by atoms with Gasteiger partial charge in [-0.25, -0.2) is 0 Å². The number of nitrogens with one attached hydrogen (secondary N) is 2. The van der Waals surface area contributed by atoms with Crippen LogP contribution in [0.3, 0.4) is 0 Å². The van der Waals surface area contributed by atoms with Gasteiger partial charge in [-0.3, -0.25) is 19.4 Å². The van der Waals surface area contributed by atoms with Gasteiger partial charge in [0.05, 0.1) is 13.1 Å². The van der Waals surface area contributed by atoms with Crippen LogP contribution in [-0.2, 0) is 22.4 Å². The fourth-order valence-electron chi connectivity index (χ4n) is 6.57. The molecule has 6 rings (SSSR count). The lowest BCUT2D eigenvalue weighted by atomic mass is 9.85. The third-order valence-electron chi connectivity index (χ3n) is 7.92. The van der Waals surface area contributed by atoms with Crippen LogP contribution in [0.2, 0.25) is 0 Å².